The first-order valence-corrected chi connectivity index (χ1v) is 10.5. The quantitative estimate of drug-likeness (QED) is 0.227. The van der Waals surface area contributed by atoms with E-state index in [1.165, 1.54) is 11.8 Å². The van der Waals surface area contributed by atoms with Gasteiger partial charge in [-0.3, -0.25) is 14.3 Å². The smallest absolute Gasteiger partial charge is 0.192 e. The Hall–Kier alpha value is -3.51. The average Bonchev–Trinajstić information content (AvgIpc) is 3.21. The molecule has 0 fully saturated rings. The standard InChI is InChI=1S/C24H20N4OS/c1-2-15-28-23(21-9-6-14-25-16-21)26-27-24(28)30-17-22(29)20-12-10-19(11-13-20)18-7-4-3-5-8-18/h2-14,16H,1,15,17H2. The molecule has 0 aliphatic heterocycles. The zero-order valence-electron chi connectivity index (χ0n) is 16.3. The molecule has 0 amide bonds. The summed E-state index contributed by atoms with van der Waals surface area (Å²) in [5, 5.41) is 9.26. The second kappa shape index (κ2) is 9.33. The van der Waals surface area contributed by atoms with Gasteiger partial charge < -0.3 is 0 Å². The van der Waals surface area contributed by atoms with Crippen LogP contribution in [-0.4, -0.2) is 31.3 Å². The van der Waals surface area contributed by atoms with E-state index in [0.717, 1.165) is 16.7 Å². The van der Waals surface area contributed by atoms with Crippen molar-refractivity contribution in [3.63, 3.8) is 0 Å². The maximum atomic E-state index is 12.7. The first-order chi connectivity index (χ1) is 14.8. The van der Waals surface area contributed by atoms with Gasteiger partial charge in [-0.05, 0) is 23.3 Å². The van der Waals surface area contributed by atoms with Crippen LogP contribution in [0.15, 0.2) is 96.9 Å². The predicted molar refractivity (Wildman–Crippen MR) is 120 cm³/mol. The predicted octanol–water partition coefficient (Wildman–Crippen LogP) is 5.17. The maximum absolute atomic E-state index is 12.7. The summed E-state index contributed by atoms with van der Waals surface area (Å²) in [6, 6.07) is 21.6. The zero-order chi connectivity index (χ0) is 20.8. The molecule has 2 aromatic carbocycles. The van der Waals surface area contributed by atoms with Crippen LogP contribution in [0.5, 0.6) is 0 Å². The molecular formula is C24H20N4OS. The average molecular weight is 413 g/mol. The van der Waals surface area contributed by atoms with Gasteiger partial charge in [0.2, 0.25) is 0 Å². The number of hydrogen-bond donors (Lipinski definition) is 0. The lowest BCUT2D eigenvalue weighted by Gasteiger charge is -2.07. The summed E-state index contributed by atoms with van der Waals surface area (Å²) in [5.41, 5.74) is 3.78. The highest BCUT2D eigenvalue weighted by Gasteiger charge is 2.15. The number of pyridine rings is 1. The monoisotopic (exact) mass is 412 g/mol. The topological polar surface area (TPSA) is 60.7 Å². The number of carbonyl (C=O) groups excluding carboxylic acids is 1. The number of rotatable bonds is 8. The fraction of sp³-hybridized carbons (Fsp3) is 0.0833. The third kappa shape index (κ3) is 4.39. The SMILES string of the molecule is C=CCn1c(SCC(=O)c2ccc(-c3ccccc3)cc2)nnc1-c1cccnc1. The van der Waals surface area contributed by atoms with Gasteiger partial charge in [0.25, 0.3) is 0 Å². The van der Waals surface area contributed by atoms with Gasteiger partial charge in [0, 0.05) is 30.1 Å². The first-order valence-electron chi connectivity index (χ1n) is 9.52. The fourth-order valence-electron chi connectivity index (χ4n) is 3.09. The second-order valence-corrected chi connectivity index (χ2v) is 7.54. The van der Waals surface area contributed by atoms with Gasteiger partial charge in [-0.15, -0.1) is 16.8 Å². The molecule has 4 rings (SSSR count). The Morgan fingerprint density at radius 3 is 2.37 bits per heavy atom. The van der Waals surface area contributed by atoms with Gasteiger partial charge in [-0.1, -0.05) is 72.4 Å². The molecule has 6 heteroatoms. The van der Waals surface area contributed by atoms with E-state index in [1.807, 2.05) is 59.2 Å². The van der Waals surface area contributed by atoms with Gasteiger partial charge in [-0.2, -0.15) is 0 Å². The third-order valence-corrected chi connectivity index (χ3v) is 5.56. The van der Waals surface area contributed by atoms with Crippen molar-refractivity contribution in [2.75, 3.05) is 5.75 Å². The lowest BCUT2D eigenvalue weighted by atomic mass is 10.0. The van der Waals surface area contributed by atoms with Crippen molar-refractivity contribution in [2.24, 2.45) is 0 Å². The van der Waals surface area contributed by atoms with Gasteiger partial charge in [0.1, 0.15) is 0 Å². The van der Waals surface area contributed by atoms with Gasteiger partial charge in [0.05, 0.1) is 5.75 Å². The number of benzene rings is 2. The Balaban J connectivity index is 1.47. The summed E-state index contributed by atoms with van der Waals surface area (Å²) >= 11 is 1.38. The molecule has 2 heterocycles. The number of hydrogen-bond acceptors (Lipinski definition) is 5. The molecule has 0 atom stereocenters. The van der Waals surface area contributed by atoms with E-state index in [2.05, 4.69) is 33.9 Å². The molecule has 0 bridgehead atoms. The molecule has 0 radical (unpaired) electrons. The van der Waals surface area contributed by atoms with Gasteiger partial charge >= 0.3 is 0 Å². The number of nitrogens with zero attached hydrogens (tertiary/aromatic N) is 4. The van der Waals surface area contributed by atoms with Gasteiger partial charge in [-0.25, -0.2) is 0 Å². The zero-order valence-corrected chi connectivity index (χ0v) is 17.1. The summed E-state index contributed by atoms with van der Waals surface area (Å²) in [4.78, 5) is 16.8. The minimum Gasteiger partial charge on any atom is -0.298 e. The van der Waals surface area contributed by atoms with Crippen LogP contribution in [0, 0.1) is 0 Å². The van der Waals surface area contributed by atoms with Crippen molar-refractivity contribution in [3.05, 3.63) is 97.3 Å². The van der Waals surface area contributed by atoms with Crippen molar-refractivity contribution >= 4 is 17.5 Å². The van der Waals surface area contributed by atoms with Crippen LogP contribution in [0.3, 0.4) is 0 Å². The summed E-state index contributed by atoms with van der Waals surface area (Å²) in [7, 11) is 0. The van der Waals surface area contributed by atoms with Crippen molar-refractivity contribution in [1.29, 1.82) is 0 Å². The molecule has 2 aromatic heterocycles. The summed E-state index contributed by atoms with van der Waals surface area (Å²) in [6.45, 7) is 4.37. The molecular weight excluding hydrogens is 392 g/mol. The van der Waals surface area contributed by atoms with E-state index in [-0.39, 0.29) is 11.5 Å². The van der Waals surface area contributed by atoms with Crippen LogP contribution in [0.2, 0.25) is 0 Å². The number of allylic oxidation sites excluding steroid dienone is 1. The highest BCUT2D eigenvalue weighted by Crippen LogP contribution is 2.25. The van der Waals surface area contributed by atoms with E-state index in [4.69, 9.17) is 0 Å². The number of Topliss-reactive ketones (excluding diaryl/α,β-unsaturated/α-hetero) is 1. The number of carbonyl (C=O) groups is 1. The first kappa shape index (κ1) is 19.8. The van der Waals surface area contributed by atoms with E-state index in [0.29, 0.717) is 23.1 Å². The van der Waals surface area contributed by atoms with E-state index < -0.39 is 0 Å². The van der Waals surface area contributed by atoms with Crippen LogP contribution in [0.4, 0.5) is 0 Å². The molecule has 5 nitrogen and oxygen atoms in total. The molecule has 0 spiro atoms. The van der Waals surface area contributed by atoms with Crippen molar-refractivity contribution < 1.29 is 4.79 Å². The third-order valence-electron chi connectivity index (χ3n) is 4.59. The van der Waals surface area contributed by atoms with Crippen LogP contribution in [-0.2, 0) is 6.54 Å². The van der Waals surface area contributed by atoms with Crippen LogP contribution in [0.1, 0.15) is 10.4 Å². The van der Waals surface area contributed by atoms with Crippen molar-refractivity contribution in [2.45, 2.75) is 11.7 Å². The molecule has 0 saturated carbocycles. The largest absolute Gasteiger partial charge is 0.298 e. The summed E-state index contributed by atoms with van der Waals surface area (Å²) in [6.07, 6.45) is 5.25. The molecule has 4 aromatic rings. The molecule has 0 N–H and O–H groups in total. The maximum Gasteiger partial charge on any atom is 0.192 e. The molecule has 148 valence electrons. The highest BCUT2D eigenvalue weighted by atomic mass is 32.2. The van der Waals surface area contributed by atoms with Gasteiger partial charge in [0.15, 0.2) is 16.8 Å². The molecule has 0 saturated heterocycles. The van der Waals surface area contributed by atoms with Crippen LogP contribution < -0.4 is 0 Å². The molecule has 0 aliphatic rings. The minimum atomic E-state index is 0.0516. The minimum absolute atomic E-state index is 0.0516. The Bertz CT molecular complexity index is 1140. The van der Waals surface area contributed by atoms with E-state index in [1.54, 1.807) is 18.5 Å². The molecule has 0 unspecified atom stereocenters. The summed E-state index contributed by atoms with van der Waals surface area (Å²) in [5.74, 6) is 1.05. The lowest BCUT2D eigenvalue weighted by molar-refractivity contribution is 0.102. The Morgan fingerprint density at radius 2 is 1.67 bits per heavy atom. The number of aromatic nitrogens is 4. The Morgan fingerprint density at radius 1 is 0.933 bits per heavy atom. The van der Waals surface area contributed by atoms with E-state index in [9.17, 15) is 4.79 Å². The number of thioether (sulfide) groups is 1. The Kier molecular flexibility index (Phi) is 6.15. The molecule has 30 heavy (non-hydrogen) atoms. The highest BCUT2D eigenvalue weighted by molar-refractivity contribution is 7.99. The number of ketones is 1. The van der Waals surface area contributed by atoms with Crippen molar-refractivity contribution in [3.8, 4) is 22.5 Å². The fourth-order valence-corrected chi connectivity index (χ4v) is 3.93. The normalized spacial score (nSPS) is 10.7. The molecule has 0 aliphatic carbocycles. The second-order valence-electron chi connectivity index (χ2n) is 6.60. The Labute approximate surface area is 179 Å². The van der Waals surface area contributed by atoms with Crippen LogP contribution >= 0.6 is 11.8 Å². The summed E-state index contributed by atoms with van der Waals surface area (Å²) < 4.78 is 1.94. The van der Waals surface area contributed by atoms with E-state index >= 15 is 0 Å². The van der Waals surface area contributed by atoms with Crippen molar-refractivity contribution in [1.82, 2.24) is 19.7 Å². The van der Waals surface area contributed by atoms with Crippen LogP contribution in [0.25, 0.3) is 22.5 Å². The lowest BCUT2D eigenvalue weighted by Crippen LogP contribution is -2.05.